The maximum absolute atomic E-state index is 11.6. The molecule has 1 rings (SSSR count). The fourth-order valence-corrected chi connectivity index (χ4v) is 2.41. The third-order valence-electron chi connectivity index (χ3n) is 3.54. The molecule has 0 bridgehead atoms. The third kappa shape index (κ3) is 5.53. The van der Waals surface area contributed by atoms with Crippen LogP contribution in [0.2, 0.25) is 0 Å². The molecule has 3 nitrogen and oxygen atoms in total. The van der Waals surface area contributed by atoms with Crippen LogP contribution in [-0.2, 0) is 9.53 Å². The number of hydrogen-bond donors (Lipinski definition) is 0. The molecule has 17 heavy (non-hydrogen) atoms. The molecule has 0 amide bonds. The number of esters is 1. The van der Waals surface area contributed by atoms with E-state index in [1.807, 2.05) is 6.92 Å². The van der Waals surface area contributed by atoms with Crippen molar-refractivity contribution < 1.29 is 9.53 Å². The first-order valence-electron chi connectivity index (χ1n) is 7.16. The van der Waals surface area contributed by atoms with Crippen molar-refractivity contribution in [2.24, 2.45) is 5.92 Å². The highest BCUT2D eigenvalue weighted by Gasteiger charge is 2.25. The fraction of sp³-hybridized carbons (Fsp3) is 0.929. The average Bonchev–Trinajstić information content (AvgIpc) is 2.36. The van der Waals surface area contributed by atoms with Crippen LogP contribution in [0.5, 0.6) is 0 Å². The zero-order chi connectivity index (χ0) is 12.5. The molecule has 0 spiro atoms. The van der Waals surface area contributed by atoms with Gasteiger partial charge in [-0.15, -0.1) is 0 Å². The minimum Gasteiger partial charge on any atom is -0.466 e. The molecule has 0 aliphatic carbocycles. The van der Waals surface area contributed by atoms with Crippen LogP contribution in [0.15, 0.2) is 0 Å². The summed E-state index contributed by atoms with van der Waals surface area (Å²) in [6.45, 7) is 7.96. The van der Waals surface area contributed by atoms with E-state index in [1.165, 1.54) is 32.2 Å². The van der Waals surface area contributed by atoms with Gasteiger partial charge in [-0.1, -0.05) is 26.2 Å². The van der Waals surface area contributed by atoms with Gasteiger partial charge in [0.05, 0.1) is 12.5 Å². The summed E-state index contributed by atoms with van der Waals surface area (Å²) in [7, 11) is 0. The summed E-state index contributed by atoms with van der Waals surface area (Å²) in [6.07, 6.45) is 7.25. The predicted molar refractivity (Wildman–Crippen MR) is 69.9 cm³/mol. The summed E-state index contributed by atoms with van der Waals surface area (Å²) < 4.78 is 5.07. The molecule has 0 atom stereocenters. The predicted octanol–water partition coefficient (Wildman–Crippen LogP) is 2.84. The van der Waals surface area contributed by atoms with Crippen LogP contribution in [-0.4, -0.2) is 37.1 Å². The lowest BCUT2D eigenvalue weighted by Gasteiger charge is -2.30. The van der Waals surface area contributed by atoms with Crippen molar-refractivity contribution in [3.63, 3.8) is 0 Å². The van der Waals surface area contributed by atoms with Gasteiger partial charge in [0.15, 0.2) is 0 Å². The van der Waals surface area contributed by atoms with Crippen LogP contribution in [0.25, 0.3) is 0 Å². The summed E-state index contributed by atoms with van der Waals surface area (Å²) in [4.78, 5) is 14.1. The van der Waals surface area contributed by atoms with Crippen LogP contribution in [0.1, 0.15) is 52.4 Å². The van der Waals surface area contributed by atoms with Gasteiger partial charge in [-0.3, -0.25) is 4.79 Å². The first-order valence-corrected chi connectivity index (χ1v) is 7.16. The first kappa shape index (κ1) is 14.5. The Kier molecular flexibility index (Phi) is 7.25. The van der Waals surface area contributed by atoms with Gasteiger partial charge in [-0.25, -0.2) is 0 Å². The minimum atomic E-state index is 0.0122. The molecule has 0 unspecified atom stereocenters. The highest BCUT2D eigenvalue weighted by Crippen LogP contribution is 2.19. The topological polar surface area (TPSA) is 29.5 Å². The Hall–Kier alpha value is -0.570. The second-order valence-electron chi connectivity index (χ2n) is 4.93. The fourth-order valence-electron chi connectivity index (χ4n) is 2.41. The van der Waals surface area contributed by atoms with E-state index in [9.17, 15) is 4.79 Å². The number of nitrogens with zero attached hydrogens (tertiary/aromatic N) is 1. The lowest BCUT2D eigenvalue weighted by atomic mass is 9.97. The summed E-state index contributed by atoms with van der Waals surface area (Å²) in [5.74, 6) is 0.167. The average molecular weight is 241 g/mol. The molecule has 1 heterocycles. The maximum Gasteiger partial charge on any atom is 0.309 e. The van der Waals surface area contributed by atoms with Crippen LogP contribution >= 0.6 is 0 Å². The molecule has 0 aromatic carbocycles. The summed E-state index contributed by atoms with van der Waals surface area (Å²) in [6, 6.07) is 0. The van der Waals surface area contributed by atoms with E-state index >= 15 is 0 Å². The summed E-state index contributed by atoms with van der Waals surface area (Å²) >= 11 is 0. The van der Waals surface area contributed by atoms with Crippen molar-refractivity contribution in [2.75, 3.05) is 26.2 Å². The number of hydrogen-bond acceptors (Lipinski definition) is 3. The number of unbranched alkanes of at least 4 members (excludes halogenated alkanes) is 3. The van der Waals surface area contributed by atoms with Gasteiger partial charge in [0, 0.05) is 0 Å². The first-order chi connectivity index (χ1) is 8.27. The number of carbonyl (C=O) groups excluding carboxylic acids is 1. The molecule has 0 saturated carbocycles. The quantitative estimate of drug-likeness (QED) is 0.507. The number of rotatable bonds is 7. The standard InChI is InChI=1S/C14H27NO2/c1-3-5-6-7-10-15-11-8-13(9-12-15)14(16)17-4-2/h13H,3-12H2,1-2H3. The molecule has 0 aromatic rings. The number of ether oxygens (including phenoxy) is 1. The van der Waals surface area contributed by atoms with Crippen molar-refractivity contribution in [3.05, 3.63) is 0 Å². The summed E-state index contributed by atoms with van der Waals surface area (Å²) in [5, 5.41) is 0. The molecule has 1 saturated heterocycles. The second-order valence-corrected chi connectivity index (χ2v) is 4.93. The molecular weight excluding hydrogens is 214 g/mol. The monoisotopic (exact) mass is 241 g/mol. The van der Waals surface area contributed by atoms with E-state index in [-0.39, 0.29) is 11.9 Å². The third-order valence-corrected chi connectivity index (χ3v) is 3.54. The van der Waals surface area contributed by atoms with Crippen molar-refractivity contribution >= 4 is 5.97 Å². The van der Waals surface area contributed by atoms with E-state index < -0.39 is 0 Å². The van der Waals surface area contributed by atoms with E-state index in [0.717, 1.165) is 25.9 Å². The summed E-state index contributed by atoms with van der Waals surface area (Å²) in [5.41, 5.74) is 0. The van der Waals surface area contributed by atoms with Gasteiger partial charge in [0.1, 0.15) is 0 Å². The molecule has 1 aliphatic heterocycles. The molecular formula is C14H27NO2. The van der Waals surface area contributed by atoms with Crippen molar-refractivity contribution in [1.29, 1.82) is 0 Å². The van der Waals surface area contributed by atoms with Gasteiger partial charge in [-0.2, -0.15) is 0 Å². The SMILES string of the molecule is CCCCCCN1CCC(C(=O)OCC)CC1. The highest BCUT2D eigenvalue weighted by molar-refractivity contribution is 5.72. The zero-order valence-corrected chi connectivity index (χ0v) is 11.4. The number of piperidine rings is 1. The van der Waals surface area contributed by atoms with Gasteiger partial charge >= 0.3 is 5.97 Å². The molecule has 100 valence electrons. The molecule has 0 aromatic heterocycles. The van der Waals surface area contributed by atoms with E-state index in [2.05, 4.69) is 11.8 Å². The van der Waals surface area contributed by atoms with E-state index in [1.54, 1.807) is 0 Å². The van der Waals surface area contributed by atoms with Gasteiger partial charge in [-0.05, 0) is 45.8 Å². The highest BCUT2D eigenvalue weighted by atomic mass is 16.5. The Morgan fingerprint density at radius 2 is 1.88 bits per heavy atom. The van der Waals surface area contributed by atoms with E-state index in [4.69, 9.17) is 4.74 Å². The normalized spacial score (nSPS) is 18.2. The van der Waals surface area contributed by atoms with E-state index in [0.29, 0.717) is 6.61 Å². The van der Waals surface area contributed by atoms with Crippen molar-refractivity contribution in [3.8, 4) is 0 Å². The second kappa shape index (κ2) is 8.51. The Bertz CT molecular complexity index is 210. The Morgan fingerprint density at radius 3 is 2.47 bits per heavy atom. The Labute approximate surface area is 106 Å². The lowest BCUT2D eigenvalue weighted by molar-refractivity contribution is -0.149. The van der Waals surface area contributed by atoms with Crippen LogP contribution in [0.4, 0.5) is 0 Å². The Balaban J connectivity index is 2.11. The van der Waals surface area contributed by atoms with Crippen molar-refractivity contribution in [1.82, 2.24) is 4.90 Å². The van der Waals surface area contributed by atoms with Crippen molar-refractivity contribution in [2.45, 2.75) is 52.4 Å². The van der Waals surface area contributed by atoms with Crippen LogP contribution < -0.4 is 0 Å². The molecule has 1 fully saturated rings. The molecule has 3 heteroatoms. The smallest absolute Gasteiger partial charge is 0.309 e. The van der Waals surface area contributed by atoms with Crippen LogP contribution in [0, 0.1) is 5.92 Å². The van der Waals surface area contributed by atoms with Gasteiger partial charge in [0.25, 0.3) is 0 Å². The number of likely N-dealkylation sites (tertiary alicyclic amines) is 1. The minimum absolute atomic E-state index is 0.0122. The van der Waals surface area contributed by atoms with Gasteiger partial charge in [0.2, 0.25) is 0 Å². The molecule has 0 N–H and O–H groups in total. The largest absolute Gasteiger partial charge is 0.466 e. The maximum atomic E-state index is 11.6. The van der Waals surface area contributed by atoms with Crippen LogP contribution in [0.3, 0.4) is 0 Å². The Morgan fingerprint density at radius 1 is 1.18 bits per heavy atom. The molecule has 0 radical (unpaired) electrons. The lowest BCUT2D eigenvalue weighted by Crippen LogP contribution is -2.37. The molecule has 1 aliphatic rings. The number of carbonyl (C=O) groups is 1. The van der Waals surface area contributed by atoms with Gasteiger partial charge < -0.3 is 9.64 Å². The zero-order valence-electron chi connectivity index (χ0n) is 11.4.